The van der Waals surface area contributed by atoms with Gasteiger partial charge in [0, 0.05) is 35.3 Å². The molecule has 0 aromatic heterocycles. The highest BCUT2D eigenvalue weighted by molar-refractivity contribution is 6.09. The van der Waals surface area contributed by atoms with Crippen LogP contribution in [0.1, 0.15) is 54.7 Å². The lowest BCUT2D eigenvalue weighted by Gasteiger charge is -2.16. The van der Waals surface area contributed by atoms with Gasteiger partial charge in [0.25, 0.3) is 0 Å². The van der Waals surface area contributed by atoms with Crippen LogP contribution in [-0.2, 0) is 13.1 Å². The first-order valence-electron chi connectivity index (χ1n) is 9.78. The molecule has 0 amide bonds. The third kappa shape index (κ3) is 5.81. The van der Waals surface area contributed by atoms with Gasteiger partial charge in [-0.15, -0.1) is 0 Å². The van der Waals surface area contributed by atoms with Gasteiger partial charge in [0.15, 0.2) is 5.78 Å². The van der Waals surface area contributed by atoms with Crippen molar-refractivity contribution < 1.29 is 14.3 Å². The minimum Gasteiger partial charge on any atom is -0.491 e. The number of hydrogen-bond donors (Lipinski definition) is 2. The summed E-state index contributed by atoms with van der Waals surface area (Å²) in [6.07, 6.45) is 0.157. The summed E-state index contributed by atoms with van der Waals surface area (Å²) < 4.78 is 11.7. The van der Waals surface area contributed by atoms with Crippen LogP contribution in [0.2, 0.25) is 0 Å². The number of rotatable bonds is 10. The van der Waals surface area contributed by atoms with Crippen molar-refractivity contribution in [2.24, 2.45) is 0 Å². The first-order valence-corrected chi connectivity index (χ1v) is 9.78. The molecule has 2 rings (SSSR count). The van der Waals surface area contributed by atoms with E-state index in [-0.39, 0.29) is 18.0 Å². The van der Waals surface area contributed by atoms with Crippen LogP contribution in [0.15, 0.2) is 36.4 Å². The van der Waals surface area contributed by atoms with E-state index < -0.39 is 0 Å². The summed E-state index contributed by atoms with van der Waals surface area (Å²) in [5.41, 5.74) is 3.23. The molecule has 0 saturated heterocycles. The van der Waals surface area contributed by atoms with E-state index in [1.807, 2.05) is 78.2 Å². The van der Waals surface area contributed by atoms with E-state index in [1.54, 1.807) is 0 Å². The van der Waals surface area contributed by atoms with E-state index in [0.717, 1.165) is 22.6 Å². The maximum Gasteiger partial charge on any atom is 0.193 e. The third-order valence-corrected chi connectivity index (χ3v) is 4.11. The number of nitrogens with one attached hydrogen (secondary N) is 2. The minimum absolute atomic E-state index is 0.0121. The van der Waals surface area contributed by atoms with Gasteiger partial charge < -0.3 is 20.1 Å². The van der Waals surface area contributed by atoms with Crippen LogP contribution in [-0.4, -0.2) is 32.1 Å². The molecule has 2 aromatic rings. The summed E-state index contributed by atoms with van der Waals surface area (Å²) in [5.74, 6) is 1.59. The predicted octanol–water partition coefficient (Wildman–Crippen LogP) is 3.93. The van der Waals surface area contributed by atoms with Crippen molar-refractivity contribution in [1.29, 1.82) is 0 Å². The molecular weight excluding hydrogens is 352 g/mol. The number of hydrogen-bond acceptors (Lipinski definition) is 5. The number of carbonyl (C=O) groups excluding carboxylic acids is 1. The number of ether oxygens (including phenoxy) is 2. The Balaban J connectivity index is 2.36. The summed E-state index contributed by atoms with van der Waals surface area (Å²) in [6, 6.07) is 11.2. The topological polar surface area (TPSA) is 59.6 Å². The Morgan fingerprint density at radius 1 is 0.786 bits per heavy atom. The Bertz CT molecular complexity index is 735. The molecule has 0 aliphatic heterocycles. The lowest BCUT2D eigenvalue weighted by Crippen LogP contribution is -2.14. The second-order valence-corrected chi connectivity index (χ2v) is 7.37. The molecule has 0 atom stereocenters. The van der Waals surface area contributed by atoms with Gasteiger partial charge in [-0.05, 0) is 78.2 Å². The van der Waals surface area contributed by atoms with E-state index in [4.69, 9.17) is 9.47 Å². The molecule has 0 aliphatic rings. The molecule has 152 valence electrons. The van der Waals surface area contributed by atoms with E-state index in [1.165, 1.54) is 0 Å². The average molecular weight is 385 g/mol. The van der Waals surface area contributed by atoms with Crippen LogP contribution in [0.4, 0.5) is 0 Å². The van der Waals surface area contributed by atoms with Crippen LogP contribution in [0.3, 0.4) is 0 Å². The Hall–Kier alpha value is -2.37. The zero-order chi connectivity index (χ0) is 20.7. The first-order chi connectivity index (χ1) is 13.3. The Morgan fingerprint density at radius 2 is 1.18 bits per heavy atom. The fourth-order valence-electron chi connectivity index (χ4n) is 3.00. The smallest absolute Gasteiger partial charge is 0.193 e. The Kier molecular flexibility index (Phi) is 8.03. The second-order valence-electron chi connectivity index (χ2n) is 7.37. The highest BCUT2D eigenvalue weighted by Crippen LogP contribution is 2.26. The van der Waals surface area contributed by atoms with Crippen molar-refractivity contribution in [3.05, 3.63) is 58.7 Å². The van der Waals surface area contributed by atoms with Gasteiger partial charge in [-0.3, -0.25) is 4.79 Å². The van der Waals surface area contributed by atoms with Gasteiger partial charge in [0.2, 0.25) is 0 Å². The molecular formula is C23H32N2O3. The monoisotopic (exact) mass is 384 g/mol. The quantitative estimate of drug-likeness (QED) is 0.608. The standard InChI is InChI=1S/C23H32N2O3/c1-15(2)27-21-9-7-17(11-19(21)13-24-5)23(26)18-8-10-22(28-16(3)4)20(12-18)14-25-6/h7-12,15-16,24-25H,13-14H2,1-6H3. The first kappa shape index (κ1) is 21.9. The van der Waals surface area contributed by atoms with Crippen molar-refractivity contribution in [2.75, 3.05) is 14.1 Å². The van der Waals surface area contributed by atoms with Gasteiger partial charge in [-0.2, -0.15) is 0 Å². The van der Waals surface area contributed by atoms with Crippen molar-refractivity contribution in [3.63, 3.8) is 0 Å². The SMILES string of the molecule is CNCc1cc(C(=O)c2ccc(OC(C)C)c(CNC)c2)ccc1OC(C)C. The maximum absolute atomic E-state index is 13.1. The van der Waals surface area contributed by atoms with Gasteiger partial charge in [0.1, 0.15) is 11.5 Å². The molecule has 0 radical (unpaired) electrons. The lowest BCUT2D eigenvalue weighted by molar-refractivity contribution is 0.103. The average Bonchev–Trinajstić information content (AvgIpc) is 2.63. The van der Waals surface area contributed by atoms with Crippen LogP contribution in [0.25, 0.3) is 0 Å². The molecule has 0 saturated carbocycles. The second kappa shape index (κ2) is 10.2. The van der Waals surface area contributed by atoms with Crippen LogP contribution in [0.5, 0.6) is 11.5 Å². The van der Waals surface area contributed by atoms with Gasteiger partial charge >= 0.3 is 0 Å². The summed E-state index contributed by atoms with van der Waals surface area (Å²) in [6.45, 7) is 9.24. The fourth-order valence-corrected chi connectivity index (χ4v) is 3.00. The largest absolute Gasteiger partial charge is 0.491 e. The number of carbonyl (C=O) groups is 1. The molecule has 5 nitrogen and oxygen atoms in total. The summed E-state index contributed by atoms with van der Waals surface area (Å²) >= 11 is 0. The molecule has 2 N–H and O–H groups in total. The molecule has 0 heterocycles. The summed E-state index contributed by atoms with van der Waals surface area (Å²) in [7, 11) is 3.76. The molecule has 2 aromatic carbocycles. The Labute approximate surface area is 168 Å². The number of benzene rings is 2. The summed E-state index contributed by atoms with van der Waals surface area (Å²) in [5, 5.41) is 6.28. The van der Waals surface area contributed by atoms with E-state index in [2.05, 4.69) is 10.6 Å². The molecule has 0 unspecified atom stereocenters. The fraction of sp³-hybridized carbons (Fsp3) is 0.435. The van der Waals surface area contributed by atoms with Crippen LogP contribution in [0, 0.1) is 0 Å². The van der Waals surface area contributed by atoms with Crippen LogP contribution >= 0.6 is 0 Å². The molecule has 0 fully saturated rings. The molecule has 5 heteroatoms. The zero-order valence-corrected chi connectivity index (χ0v) is 17.8. The van der Waals surface area contributed by atoms with Crippen molar-refractivity contribution in [2.45, 2.75) is 53.0 Å². The highest BCUT2D eigenvalue weighted by atomic mass is 16.5. The normalized spacial score (nSPS) is 11.1. The van der Waals surface area contributed by atoms with E-state index in [9.17, 15) is 4.79 Å². The van der Waals surface area contributed by atoms with Gasteiger partial charge in [-0.25, -0.2) is 0 Å². The highest BCUT2D eigenvalue weighted by Gasteiger charge is 2.15. The van der Waals surface area contributed by atoms with Crippen molar-refractivity contribution in [1.82, 2.24) is 10.6 Å². The van der Waals surface area contributed by atoms with E-state index >= 15 is 0 Å². The maximum atomic E-state index is 13.1. The van der Waals surface area contributed by atoms with Crippen molar-refractivity contribution >= 4 is 5.78 Å². The Morgan fingerprint density at radius 3 is 1.50 bits per heavy atom. The van der Waals surface area contributed by atoms with Gasteiger partial charge in [0.05, 0.1) is 12.2 Å². The molecule has 0 aliphatic carbocycles. The molecule has 28 heavy (non-hydrogen) atoms. The van der Waals surface area contributed by atoms with Crippen LogP contribution < -0.4 is 20.1 Å². The molecule has 0 bridgehead atoms. The lowest BCUT2D eigenvalue weighted by atomic mass is 9.98. The van der Waals surface area contributed by atoms with Crippen molar-refractivity contribution in [3.8, 4) is 11.5 Å². The predicted molar refractivity (Wildman–Crippen MR) is 113 cm³/mol. The summed E-state index contributed by atoms with van der Waals surface area (Å²) in [4.78, 5) is 13.1. The van der Waals surface area contributed by atoms with Gasteiger partial charge in [-0.1, -0.05) is 0 Å². The third-order valence-electron chi connectivity index (χ3n) is 4.11. The van der Waals surface area contributed by atoms with E-state index in [0.29, 0.717) is 24.2 Å². The zero-order valence-electron chi connectivity index (χ0n) is 17.8. The molecule has 0 spiro atoms. The minimum atomic E-state index is -0.0121. The number of ketones is 1.